The van der Waals surface area contributed by atoms with Crippen LogP contribution in [0.25, 0.3) is 0 Å². The summed E-state index contributed by atoms with van der Waals surface area (Å²) in [5, 5.41) is 9.36. The van der Waals surface area contributed by atoms with Crippen molar-refractivity contribution in [2.24, 2.45) is 0 Å². The lowest BCUT2D eigenvalue weighted by Crippen LogP contribution is -2.41. The molecule has 0 saturated heterocycles. The van der Waals surface area contributed by atoms with Crippen molar-refractivity contribution in [3.05, 3.63) is 35.9 Å². The van der Waals surface area contributed by atoms with Gasteiger partial charge in [-0.3, -0.25) is 0 Å². The fraction of sp³-hybridized carbons (Fsp3) is 0.538. The summed E-state index contributed by atoms with van der Waals surface area (Å²) in [6.45, 7) is 2.21. The molecule has 1 aromatic rings. The molecule has 0 heterocycles. The van der Waals surface area contributed by atoms with Crippen LogP contribution in [0.15, 0.2) is 30.3 Å². The van der Waals surface area contributed by atoms with E-state index in [1.54, 1.807) is 12.1 Å². The van der Waals surface area contributed by atoms with Crippen LogP contribution in [0.1, 0.15) is 31.4 Å². The van der Waals surface area contributed by atoms with Gasteiger partial charge in [0.15, 0.2) is 0 Å². The molecule has 6 heteroatoms. The molecule has 0 aromatic heterocycles. The topological polar surface area (TPSA) is 69.6 Å². The highest BCUT2D eigenvalue weighted by molar-refractivity contribution is 7.87. The lowest BCUT2D eigenvalue weighted by Gasteiger charge is -2.22. The van der Waals surface area contributed by atoms with Crippen molar-refractivity contribution in [1.82, 2.24) is 9.03 Å². The second-order valence-electron chi connectivity index (χ2n) is 4.44. The molecule has 0 amide bonds. The van der Waals surface area contributed by atoms with E-state index in [4.69, 9.17) is 0 Å². The summed E-state index contributed by atoms with van der Waals surface area (Å²) in [6, 6.07) is 8.43. The molecule has 2 N–H and O–H groups in total. The van der Waals surface area contributed by atoms with Gasteiger partial charge in [-0.1, -0.05) is 43.7 Å². The van der Waals surface area contributed by atoms with Crippen molar-refractivity contribution in [2.45, 2.75) is 25.8 Å². The van der Waals surface area contributed by atoms with Crippen molar-refractivity contribution < 1.29 is 13.5 Å². The highest BCUT2D eigenvalue weighted by Crippen LogP contribution is 2.13. The average molecular weight is 286 g/mol. The summed E-state index contributed by atoms with van der Waals surface area (Å²) in [6.07, 6.45) is 1.74. The first-order valence-corrected chi connectivity index (χ1v) is 7.84. The number of nitrogens with one attached hydrogen (secondary N) is 1. The van der Waals surface area contributed by atoms with Gasteiger partial charge in [0.05, 0.1) is 12.6 Å². The van der Waals surface area contributed by atoms with Crippen LogP contribution >= 0.6 is 0 Å². The predicted molar refractivity (Wildman–Crippen MR) is 75.9 cm³/mol. The van der Waals surface area contributed by atoms with E-state index in [0.29, 0.717) is 6.54 Å². The Hall–Kier alpha value is -0.950. The molecule has 0 fully saturated rings. The number of hydrogen-bond acceptors (Lipinski definition) is 3. The van der Waals surface area contributed by atoms with Crippen molar-refractivity contribution in [3.8, 4) is 0 Å². The zero-order valence-electron chi connectivity index (χ0n) is 11.4. The molecule has 0 radical (unpaired) electrons. The van der Waals surface area contributed by atoms with E-state index in [-0.39, 0.29) is 6.61 Å². The number of hydrogen-bond donors (Lipinski definition) is 2. The standard InChI is InChI=1S/C13H22N2O3S/c1-3-4-10-15(2)19(17,18)14-13(11-16)12-8-6-5-7-9-12/h5-9,13-14,16H,3-4,10-11H2,1-2H3. The van der Waals surface area contributed by atoms with Gasteiger partial charge in [0.1, 0.15) is 0 Å². The first-order chi connectivity index (χ1) is 9.01. The third kappa shape index (κ3) is 4.91. The molecule has 1 atom stereocenters. The minimum atomic E-state index is -3.57. The monoisotopic (exact) mass is 286 g/mol. The molecule has 0 aliphatic heterocycles. The van der Waals surface area contributed by atoms with Crippen LogP contribution in [0.4, 0.5) is 0 Å². The number of aliphatic hydroxyl groups is 1. The van der Waals surface area contributed by atoms with Crippen LogP contribution in [-0.4, -0.2) is 38.0 Å². The Kier molecular flexibility index (Phi) is 6.44. The van der Waals surface area contributed by atoms with Crippen LogP contribution in [0.2, 0.25) is 0 Å². The van der Waals surface area contributed by atoms with E-state index in [1.165, 1.54) is 11.4 Å². The molecular formula is C13H22N2O3S. The minimum absolute atomic E-state index is 0.273. The van der Waals surface area contributed by atoms with Crippen molar-refractivity contribution in [2.75, 3.05) is 20.2 Å². The van der Waals surface area contributed by atoms with Crippen LogP contribution < -0.4 is 4.72 Å². The highest BCUT2D eigenvalue weighted by atomic mass is 32.2. The number of rotatable bonds is 8. The maximum absolute atomic E-state index is 12.1. The molecule has 108 valence electrons. The van der Waals surface area contributed by atoms with Gasteiger partial charge in [0.2, 0.25) is 0 Å². The molecule has 0 aliphatic rings. The van der Waals surface area contributed by atoms with Gasteiger partial charge in [-0.05, 0) is 12.0 Å². The highest BCUT2D eigenvalue weighted by Gasteiger charge is 2.22. The Bertz CT molecular complexity index is 462. The van der Waals surface area contributed by atoms with Gasteiger partial charge >= 0.3 is 0 Å². The predicted octanol–water partition coefficient (Wildman–Crippen LogP) is 1.29. The van der Waals surface area contributed by atoms with Gasteiger partial charge in [0.25, 0.3) is 10.2 Å². The van der Waals surface area contributed by atoms with Crippen LogP contribution in [0.3, 0.4) is 0 Å². The summed E-state index contributed by atoms with van der Waals surface area (Å²) in [5.74, 6) is 0. The number of aliphatic hydroxyl groups excluding tert-OH is 1. The molecule has 19 heavy (non-hydrogen) atoms. The van der Waals surface area contributed by atoms with Gasteiger partial charge in [0, 0.05) is 13.6 Å². The van der Waals surface area contributed by atoms with E-state index in [1.807, 2.05) is 25.1 Å². The molecule has 0 aliphatic carbocycles. The first kappa shape index (κ1) is 16.1. The largest absolute Gasteiger partial charge is 0.394 e. The lowest BCUT2D eigenvalue weighted by molar-refractivity contribution is 0.256. The van der Waals surface area contributed by atoms with Crippen LogP contribution in [0, 0.1) is 0 Å². The van der Waals surface area contributed by atoms with Gasteiger partial charge < -0.3 is 5.11 Å². The van der Waals surface area contributed by atoms with Gasteiger partial charge in [-0.2, -0.15) is 17.4 Å². The molecule has 0 spiro atoms. The zero-order chi connectivity index (χ0) is 14.3. The fourth-order valence-electron chi connectivity index (χ4n) is 1.67. The minimum Gasteiger partial charge on any atom is -0.394 e. The summed E-state index contributed by atoms with van der Waals surface area (Å²) in [5.41, 5.74) is 0.748. The van der Waals surface area contributed by atoms with Crippen molar-refractivity contribution in [1.29, 1.82) is 0 Å². The van der Waals surface area contributed by atoms with E-state index >= 15 is 0 Å². The first-order valence-electron chi connectivity index (χ1n) is 6.40. The average Bonchev–Trinajstić information content (AvgIpc) is 2.43. The normalized spacial score (nSPS) is 13.7. The SMILES string of the molecule is CCCCN(C)S(=O)(=O)NC(CO)c1ccccc1. The number of unbranched alkanes of at least 4 members (excludes halogenated alkanes) is 1. The van der Waals surface area contributed by atoms with Gasteiger partial charge in [-0.15, -0.1) is 0 Å². The van der Waals surface area contributed by atoms with Crippen LogP contribution in [-0.2, 0) is 10.2 Å². The third-order valence-electron chi connectivity index (χ3n) is 2.91. The maximum Gasteiger partial charge on any atom is 0.279 e. The smallest absolute Gasteiger partial charge is 0.279 e. The van der Waals surface area contributed by atoms with E-state index < -0.39 is 16.3 Å². The Balaban J connectivity index is 2.75. The third-order valence-corrected chi connectivity index (χ3v) is 4.50. The van der Waals surface area contributed by atoms with Gasteiger partial charge in [-0.25, -0.2) is 0 Å². The molecule has 1 aromatic carbocycles. The van der Waals surface area contributed by atoms with E-state index in [2.05, 4.69) is 4.72 Å². The Morgan fingerprint density at radius 3 is 2.47 bits per heavy atom. The van der Waals surface area contributed by atoms with Crippen LogP contribution in [0.5, 0.6) is 0 Å². The Morgan fingerprint density at radius 2 is 1.95 bits per heavy atom. The molecule has 1 rings (SSSR count). The molecule has 1 unspecified atom stereocenters. The molecule has 0 saturated carbocycles. The lowest BCUT2D eigenvalue weighted by atomic mass is 10.1. The number of benzene rings is 1. The maximum atomic E-state index is 12.1. The second kappa shape index (κ2) is 7.59. The fourth-order valence-corrected chi connectivity index (χ4v) is 2.79. The zero-order valence-corrected chi connectivity index (χ0v) is 12.2. The second-order valence-corrected chi connectivity index (χ2v) is 6.25. The van der Waals surface area contributed by atoms with Crippen molar-refractivity contribution >= 4 is 10.2 Å². The summed E-state index contributed by atoms with van der Waals surface area (Å²) >= 11 is 0. The molecular weight excluding hydrogens is 264 g/mol. The molecule has 5 nitrogen and oxygen atoms in total. The quantitative estimate of drug-likeness (QED) is 0.756. The summed E-state index contributed by atoms with van der Waals surface area (Å²) in [7, 11) is -2.03. The molecule has 0 bridgehead atoms. The van der Waals surface area contributed by atoms with E-state index in [9.17, 15) is 13.5 Å². The Labute approximate surface area is 115 Å². The number of nitrogens with zero attached hydrogens (tertiary/aromatic N) is 1. The Morgan fingerprint density at radius 1 is 1.32 bits per heavy atom. The van der Waals surface area contributed by atoms with E-state index in [0.717, 1.165) is 18.4 Å². The summed E-state index contributed by atoms with van der Waals surface area (Å²) < 4.78 is 28.0. The van der Waals surface area contributed by atoms with Crippen molar-refractivity contribution in [3.63, 3.8) is 0 Å². The summed E-state index contributed by atoms with van der Waals surface area (Å²) in [4.78, 5) is 0.